The van der Waals surface area contributed by atoms with Gasteiger partial charge in [-0.05, 0) is 18.2 Å². The van der Waals surface area contributed by atoms with Crippen LogP contribution < -0.4 is 9.80 Å². The van der Waals surface area contributed by atoms with Crippen molar-refractivity contribution in [2.75, 3.05) is 49.2 Å². The lowest BCUT2D eigenvalue weighted by atomic mass is 10.0. The maximum absolute atomic E-state index is 14.9. The molecule has 3 heterocycles. The second-order valence-corrected chi connectivity index (χ2v) is 7.98. The Bertz CT molecular complexity index is 846. The predicted octanol–water partition coefficient (Wildman–Crippen LogP) is 1.09. The minimum Gasteiger partial charge on any atom is -0.442 e. The lowest BCUT2D eigenvalue weighted by molar-refractivity contribution is -0.183. The molecule has 0 saturated carbocycles. The monoisotopic (exact) mass is 439 g/mol. The molecule has 170 valence electrons. The molecule has 0 aromatic heterocycles. The number of hydrogen-bond donors (Lipinski definition) is 2. The second-order valence-electron chi connectivity index (χ2n) is 7.98. The standard InChI is InChI=1S/C20H26FN3O7/c1-13(26)24(28)10-15-9-23(19(27)30-15)14-2-3-18(17(21)8-14)22-6-4-20(5-7-22)29-12-16(11-25)31-20/h2-3,8,15-16,25,28H,4-7,9-12H2,1H3. The number of rotatable bonds is 5. The summed E-state index contributed by atoms with van der Waals surface area (Å²) in [4.78, 5) is 26.5. The highest BCUT2D eigenvalue weighted by Crippen LogP contribution is 2.37. The Morgan fingerprint density at radius 3 is 2.68 bits per heavy atom. The van der Waals surface area contributed by atoms with Crippen LogP contribution in [0, 0.1) is 5.82 Å². The number of anilines is 2. The summed E-state index contributed by atoms with van der Waals surface area (Å²) in [5, 5.41) is 19.3. The number of aliphatic hydroxyl groups is 1. The molecule has 0 bridgehead atoms. The van der Waals surface area contributed by atoms with Crippen molar-refractivity contribution in [2.24, 2.45) is 0 Å². The van der Waals surface area contributed by atoms with Gasteiger partial charge in [0, 0.05) is 32.9 Å². The number of nitrogens with zero attached hydrogens (tertiary/aromatic N) is 3. The third kappa shape index (κ3) is 4.45. The van der Waals surface area contributed by atoms with Gasteiger partial charge in [0.25, 0.3) is 0 Å². The molecule has 10 nitrogen and oxygen atoms in total. The van der Waals surface area contributed by atoms with E-state index in [-0.39, 0.29) is 25.8 Å². The highest BCUT2D eigenvalue weighted by atomic mass is 19.1. The average molecular weight is 439 g/mol. The van der Waals surface area contributed by atoms with Gasteiger partial charge in [-0.15, -0.1) is 0 Å². The molecule has 4 rings (SSSR count). The molecule has 1 aromatic rings. The van der Waals surface area contributed by atoms with Crippen molar-refractivity contribution in [3.63, 3.8) is 0 Å². The molecule has 2 amide bonds. The summed E-state index contributed by atoms with van der Waals surface area (Å²) in [5.41, 5.74) is 0.750. The molecule has 2 unspecified atom stereocenters. The first-order valence-corrected chi connectivity index (χ1v) is 10.2. The quantitative estimate of drug-likeness (QED) is 0.518. The Morgan fingerprint density at radius 1 is 1.32 bits per heavy atom. The number of benzene rings is 1. The van der Waals surface area contributed by atoms with E-state index in [1.807, 2.05) is 4.90 Å². The number of carbonyl (C=O) groups excluding carboxylic acids is 2. The van der Waals surface area contributed by atoms with E-state index in [4.69, 9.17) is 14.2 Å². The number of hydroxylamine groups is 2. The van der Waals surface area contributed by atoms with E-state index in [0.29, 0.717) is 49.0 Å². The van der Waals surface area contributed by atoms with Gasteiger partial charge in [0.1, 0.15) is 18.0 Å². The highest BCUT2D eigenvalue weighted by Gasteiger charge is 2.44. The van der Waals surface area contributed by atoms with Crippen LogP contribution >= 0.6 is 0 Å². The largest absolute Gasteiger partial charge is 0.442 e. The number of amides is 2. The van der Waals surface area contributed by atoms with Crippen molar-refractivity contribution >= 4 is 23.4 Å². The predicted molar refractivity (Wildman–Crippen MR) is 105 cm³/mol. The molecule has 3 saturated heterocycles. The first-order valence-electron chi connectivity index (χ1n) is 10.2. The van der Waals surface area contributed by atoms with Gasteiger partial charge in [-0.25, -0.2) is 14.2 Å². The maximum atomic E-state index is 14.9. The molecule has 3 aliphatic heterocycles. The summed E-state index contributed by atoms with van der Waals surface area (Å²) in [6.45, 7) is 2.45. The molecule has 3 aliphatic rings. The molecule has 0 aliphatic carbocycles. The zero-order valence-electron chi connectivity index (χ0n) is 17.2. The fraction of sp³-hybridized carbons (Fsp3) is 0.600. The van der Waals surface area contributed by atoms with E-state index in [2.05, 4.69) is 0 Å². The molecule has 2 atom stereocenters. The Kier molecular flexibility index (Phi) is 6.02. The van der Waals surface area contributed by atoms with Crippen molar-refractivity contribution in [1.29, 1.82) is 0 Å². The van der Waals surface area contributed by atoms with Gasteiger partial charge in [0.05, 0.1) is 37.7 Å². The molecule has 3 fully saturated rings. The van der Waals surface area contributed by atoms with Crippen molar-refractivity contribution in [2.45, 2.75) is 37.8 Å². The van der Waals surface area contributed by atoms with Crippen LogP contribution in [0.4, 0.5) is 20.6 Å². The van der Waals surface area contributed by atoms with Gasteiger partial charge in [-0.3, -0.25) is 14.9 Å². The van der Waals surface area contributed by atoms with Crippen molar-refractivity contribution < 1.29 is 38.5 Å². The summed E-state index contributed by atoms with van der Waals surface area (Å²) in [7, 11) is 0. The summed E-state index contributed by atoms with van der Waals surface area (Å²) >= 11 is 0. The Hall–Kier alpha value is -2.47. The number of hydrogen-bond acceptors (Lipinski definition) is 8. The lowest BCUT2D eigenvalue weighted by Crippen LogP contribution is -2.46. The Balaban J connectivity index is 1.39. The van der Waals surface area contributed by atoms with Gasteiger partial charge in [0.2, 0.25) is 5.91 Å². The molecule has 0 radical (unpaired) electrons. The lowest BCUT2D eigenvalue weighted by Gasteiger charge is -2.39. The van der Waals surface area contributed by atoms with E-state index in [9.17, 15) is 24.3 Å². The van der Waals surface area contributed by atoms with E-state index in [0.717, 1.165) is 0 Å². The van der Waals surface area contributed by atoms with Gasteiger partial charge < -0.3 is 24.2 Å². The fourth-order valence-corrected chi connectivity index (χ4v) is 4.13. The second kappa shape index (κ2) is 8.58. The first-order chi connectivity index (χ1) is 14.8. The van der Waals surface area contributed by atoms with Gasteiger partial charge >= 0.3 is 6.09 Å². The molecule has 1 spiro atoms. The Labute approximate surface area is 178 Å². The minimum atomic E-state index is -0.713. The van der Waals surface area contributed by atoms with E-state index < -0.39 is 29.7 Å². The molecular formula is C20H26FN3O7. The average Bonchev–Trinajstić information content (AvgIpc) is 3.32. The van der Waals surface area contributed by atoms with Crippen LogP contribution in [0.2, 0.25) is 0 Å². The number of carbonyl (C=O) groups is 2. The van der Waals surface area contributed by atoms with E-state index in [1.165, 1.54) is 17.9 Å². The van der Waals surface area contributed by atoms with Gasteiger partial charge in [-0.2, -0.15) is 0 Å². The Morgan fingerprint density at radius 2 is 2.06 bits per heavy atom. The van der Waals surface area contributed by atoms with Gasteiger partial charge in [-0.1, -0.05) is 0 Å². The van der Waals surface area contributed by atoms with Crippen LogP contribution in [0.3, 0.4) is 0 Å². The van der Waals surface area contributed by atoms with Crippen LogP contribution in [0.15, 0.2) is 18.2 Å². The van der Waals surface area contributed by atoms with Crippen LogP contribution in [-0.4, -0.2) is 84.8 Å². The van der Waals surface area contributed by atoms with Crippen molar-refractivity contribution in [3.8, 4) is 0 Å². The van der Waals surface area contributed by atoms with Crippen molar-refractivity contribution in [1.82, 2.24) is 5.06 Å². The smallest absolute Gasteiger partial charge is 0.414 e. The van der Waals surface area contributed by atoms with E-state index in [1.54, 1.807) is 12.1 Å². The van der Waals surface area contributed by atoms with Gasteiger partial charge in [0.15, 0.2) is 5.79 Å². The number of cyclic esters (lactones) is 1. The molecule has 11 heteroatoms. The van der Waals surface area contributed by atoms with Crippen molar-refractivity contribution in [3.05, 3.63) is 24.0 Å². The summed E-state index contributed by atoms with van der Waals surface area (Å²) in [6, 6.07) is 4.53. The number of halogens is 1. The van der Waals surface area contributed by atoms with Crippen LogP contribution in [0.5, 0.6) is 0 Å². The number of piperidine rings is 1. The van der Waals surface area contributed by atoms with E-state index >= 15 is 0 Å². The fourth-order valence-electron chi connectivity index (χ4n) is 4.13. The summed E-state index contributed by atoms with van der Waals surface area (Å²) in [5.74, 6) is -1.75. The molecule has 1 aromatic carbocycles. The summed E-state index contributed by atoms with van der Waals surface area (Å²) < 4.78 is 31.6. The normalized spacial score (nSPS) is 25.2. The summed E-state index contributed by atoms with van der Waals surface area (Å²) in [6.07, 6.45) is -0.586. The SMILES string of the molecule is CC(=O)N(O)CC1CN(c2ccc(N3CCC4(CC3)OCC(CO)O4)c(F)c2)C(=O)O1. The maximum Gasteiger partial charge on any atom is 0.414 e. The number of ether oxygens (including phenoxy) is 3. The number of aliphatic hydroxyl groups excluding tert-OH is 1. The van der Waals surface area contributed by atoms with Crippen LogP contribution in [0.1, 0.15) is 19.8 Å². The van der Waals surface area contributed by atoms with Crippen LogP contribution in [-0.2, 0) is 19.0 Å². The molecule has 31 heavy (non-hydrogen) atoms. The third-order valence-electron chi connectivity index (χ3n) is 5.84. The molecular weight excluding hydrogens is 413 g/mol. The highest BCUT2D eigenvalue weighted by molar-refractivity contribution is 5.90. The first kappa shape index (κ1) is 21.8. The third-order valence-corrected chi connectivity index (χ3v) is 5.84. The zero-order valence-corrected chi connectivity index (χ0v) is 17.2. The zero-order chi connectivity index (χ0) is 22.2. The topological polar surface area (TPSA) is 112 Å². The minimum absolute atomic E-state index is 0.0908. The van der Waals surface area contributed by atoms with Crippen LogP contribution in [0.25, 0.3) is 0 Å². The molecule has 2 N–H and O–H groups in total.